The van der Waals surface area contributed by atoms with Crippen molar-refractivity contribution in [3.8, 4) is 0 Å². The van der Waals surface area contributed by atoms with E-state index >= 15 is 0 Å². The van der Waals surface area contributed by atoms with Crippen LogP contribution in [0.1, 0.15) is 24.9 Å². The lowest BCUT2D eigenvalue weighted by atomic mass is 10.1. The molecule has 1 heterocycles. The van der Waals surface area contributed by atoms with E-state index in [0.29, 0.717) is 12.1 Å². The van der Waals surface area contributed by atoms with Crippen LogP contribution in [-0.2, 0) is 4.74 Å². The Bertz CT molecular complexity index is 323. The molecule has 1 aliphatic heterocycles. The molecule has 82 valence electrons. The van der Waals surface area contributed by atoms with Gasteiger partial charge in [-0.15, -0.1) is 0 Å². The van der Waals surface area contributed by atoms with Crippen LogP contribution in [0.2, 0.25) is 0 Å². The third kappa shape index (κ3) is 3.03. The van der Waals surface area contributed by atoms with Crippen molar-refractivity contribution in [1.82, 2.24) is 5.32 Å². The van der Waals surface area contributed by atoms with Crippen molar-refractivity contribution in [2.75, 3.05) is 13.2 Å². The molecular weight excluding hydrogens is 254 g/mol. The lowest BCUT2D eigenvalue weighted by Crippen LogP contribution is -2.31. The minimum absolute atomic E-state index is 0.384. The van der Waals surface area contributed by atoms with Gasteiger partial charge in [0.2, 0.25) is 0 Å². The van der Waals surface area contributed by atoms with E-state index in [0.717, 1.165) is 24.1 Å². The van der Waals surface area contributed by atoms with Gasteiger partial charge in [-0.2, -0.15) is 0 Å². The SMILES string of the molecule is CC(NC1CCOC1)c1cccc(Br)c1. The first-order valence-electron chi connectivity index (χ1n) is 5.35. The molecular formula is C12H16BrNO. The maximum atomic E-state index is 5.35. The highest BCUT2D eigenvalue weighted by Gasteiger charge is 2.17. The molecule has 0 aromatic heterocycles. The van der Waals surface area contributed by atoms with Gasteiger partial charge >= 0.3 is 0 Å². The Labute approximate surface area is 99.1 Å². The molecule has 0 amide bonds. The molecule has 0 aliphatic carbocycles. The van der Waals surface area contributed by atoms with E-state index < -0.39 is 0 Å². The lowest BCUT2D eigenvalue weighted by Gasteiger charge is -2.18. The predicted octanol–water partition coefficient (Wildman–Crippen LogP) is 2.89. The van der Waals surface area contributed by atoms with Crippen LogP contribution < -0.4 is 5.32 Å². The number of hydrogen-bond acceptors (Lipinski definition) is 2. The summed E-state index contributed by atoms with van der Waals surface area (Å²) in [6.07, 6.45) is 1.12. The van der Waals surface area contributed by atoms with Crippen molar-refractivity contribution in [1.29, 1.82) is 0 Å². The third-order valence-corrected chi connectivity index (χ3v) is 3.26. The predicted molar refractivity (Wildman–Crippen MR) is 64.9 cm³/mol. The van der Waals surface area contributed by atoms with Crippen LogP contribution >= 0.6 is 15.9 Å². The first kappa shape index (κ1) is 11.1. The highest BCUT2D eigenvalue weighted by Crippen LogP contribution is 2.19. The van der Waals surface area contributed by atoms with E-state index in [2.05, 4.69) is 52.4 Å². The van der Waals surface area contributed by atoms with E-state index in [9.17, 15) is 0 Å². The van der Waals surface area contributed by atoms with E-state index in [1.807, 2.05) is 0 Å². The molecule has 2 nitrogen and oxygen atoms in total. The van der Waals surface area contributed by atoms with Crippen LogP contribution in [0.5, 0.6) is 0 Å². The highest BCUT2D eigenvalue weighted by molar-refractivity contribution is 9.10. The van der Waals surface area contributed by atoms with E-state index in [1.165, 1.54) is 5.56 Å². The largest absolute Gasteiger partial charge is 0.380 e. The lowest BCUT2D eigenvalue weighted by molar-refractivity contribution is 0.188. The van der Waals surface area contributed by atoms with Crippen molar-refractivity contribution in [2.24, 2.45) is 0 Å². The monoisotopic (exact) mass is 269 g/mol. The van der Waals surface area contributed by atoms with Crippen molar-refractivity contribution < 1.29 is 4.74 Å². The van der Waals surface area contributed by atoms with Crippen molar-refractivity contribution in [2.45, 2.75) is 25.4 Å². The van der Waals surface area contributed by atoms with Crippen molar-refractivity contribution in [3.05, 3.63) is 34.3 Å². The first-order chi connectivity index (χ1) is 7.25. The summed E-state index contributed by atoms with van der Waals surface area (Å²) in [5, 5.41) is 3.58. The summed E-state index contributed by atoms with van der Waals surface area (Å²) in [5.41, 5.74) is 1.32. The fourth-order valence-electron chi connectivity index (χ4n) is 1.89. The summed E-state index contributed by atoms with van der Waals surface area (Å²) in [7, 11) is 0. The normalized spacial score (nSPS) is 22.9. The zero-order chi connectivity index (χ0) is 10.7. The van der Waals surface area contributed by atoms with Crippen molar-refractivity contribution in [3.63, 3.8) is 0 Å². The van der Waals surface area contributed by atoms with E-state index in [4.69, 9.17) is 4.74 Å². The molecule has 2 atom stereocenters. The number of halogens is 1. The second-order valence-corrected chi connectivity index (χ2v) is 4.92. The Morgan fingerprint density at radius 2 is 2.40 bits per heavy atom. The average Bonchev–Trinajstić information content (AvgIpc) is 2.70. The van der Waals surface area contributed by atoms with Crippen LogP contribution in [0.25, 0.3) is 0 Å². The van der Waals surface area contributed by atoms with Gasteiger partial charge in [0.1, 0.15) is 0 Å². The Balaban J connectivity index is 1.97. The molecule has 0 radical (unpaired) electrons. The number of hydrogen-bond donors (Lipinski definition) is 1. The molecule has 2 unspecified atom stereocenters. The quantitative estimate of drug-likeness (QED) is 0.911. The van der Waals surface area contributed by atoms with E-state index in [-0.39, 0.29) is 0 Å². The van der Waals surface area contributed by atoms with Gasteiger partial charge in [-0.05, 0) is 31.0 Å². The molecule has 2 rings (SSSR count). The van der Waals surface area contributed by atoms with Crippen LogP contribution in [0.15, 0.2) is 28.7 Å². The molecule has 15 heavy (non-hydrogen) atoms. The Kier molecular flexibility index (Phi) is 3.78. The first-order valence-corrected chi connectivity index (χ1v) is 6.14. The molecule has 1 aromatic rings. The topological polar surface area (TPSA) is 21.3 Å². The van der Waals surface area contributed by atoms with Gasteiger partial charge in [0, 0.05) is 23.2 Å². The van der Waals surface area contributed by atoms with Gasteiger partial charge in [0.15, 0.2) is 0 Å². The Morgan fingerprint density at radius 1 is 1.53 bits per heavy atom. The number of rotatable bonds is 3. The minimum atomic E-state index is 0.384. The van der Waals surface area contributed by atoms with Gasteiger partial charge in [-0.25, -0.2) is 0 Å². The molecule has 0 saturated carbocycles. The van der Waals surface area contributed by atoms with Crippen LogP contribution in [0.4, 0.5) is 0 Å². The summed E-state index contributed by atoms with van der Waals surface area (Å²) >= 11 is 3.49. The summed E-state index contributed by atoms with van der Waals surface area (Å²) in [5.74, 6) is 0. The maximum absolute atomic E-state index is 5.35. The summed E-state index contributed by atoms with van der Waals surface area (Å²) < 4.78 is 6.48. The van der Waals surface area contributed by atoms with Crippen LogP contribution in [0.3, 0.4) is 0 Å². The molecule has 1 fully saturated rings. The smallest absolute Gasteiger partial charge is 0.0620 e. The Morgan fingerprint density at radius 3 is 3.07 bits per heavy atom. The van der Waals surface area contributed by atoms with Gasteiger partial charge < -0.3 is 10.1 Å². The summed E-state index contributed by atoms with van der Waals surface area (Å²) in [4.78, 5) is 0. The number of nitrogens with one attached hydrogen (secondary N) is 1. The Hall–Kier alpha value is -0.380. The van der Waals surface area contributed by atoms with Gasteiger partial charge in [0.05, 0.1) is 6.61 Å². The molecule has 1 N–H and O–H groups in total. The average molecular weight is 270 g/mol. The van der Waals surface area contributed by atoms with Gasteiger partial charge in [-0.1, -0.05) is 28.1 Å². The van der Waals surface area contributed by atoms with Gasteiger partial charge in [-0.3, -0.25) is 0 Å². The second kappa shape index (κ2) is 5.10. The third-order valence-electron chi connectivity index (χ3n) is 2.76. The number of benzene rings is 1. The van der Waals surface area contributed by atoms with Crippen molar-refractivity contribution >= 4 is 15.9 Å². The molecule has 0 bridgehead atoms. The molecule has 1 aliphatic rings. The molecule has 1 aromatic carbocycles. The molecule has 1 saturated heterocycles. The maximum Gasteiger partial charge on any atom is 0.0620 e. The van der Waals surface area contributed by atoms with Gasteiger partial charge in [0.25, 0.3) is 0 Å². The second-order valence-electron chi connectivity index (χ2n) is 4.00. The standard InChI is InChI=1S/C12H16BrNO/c1-9(14-12-5-6-15-8-12)10-3-2-4-11(13)7-10/h2-4,7,9,12,14H,5-6,8H2,1H3. The minimum Gasteiger partial charge on any atom is -0.380 e. The fourth-order valence-corrected chi connectivity index (χ4v) is 2.31. The highest BCUT2D eigenvalue weighted by atomic mass is 79.9. The summed E-state index contributed by atoms with van der Waals surface area (Å²) in [6, 6.07) is 9.33. The summed E-state index contributed by atoms with van der Waals surface area (Å²) in [6.45, 7) is 3.93. The zero-order valence-electron chi connectivity index (χ0n) is 8.87. The molecule has 3 heteroatoms. The zero-order valence-corrected chi connectivity index (χ0v) is 10.5. The van der Waals surface area contributed by atoms with Crippen LogP contribution in [0, 0.1) is 0 Å². The molecule has 0 spiro atoms. The fraction of sp³-hybridized carbons (Fsp3) is 0.500. The number of ether oxygens (including phenoxy) is 1. The van der Waals surface area contributed by atoms with E-state index in [1.54, 1.807) is 0 Å². The van der Waals surface area contributed by atoms with Crippen LogP contribution in [-0.4, -0.2) is 19.3 Å².